The zero-order valence-electron chi connectivity index (χ0n) is 26.3. The molecule has 0 radical (unpaired) electrons. The van der Waals surface area contributed by atoms with E-state index in [1.165, 1.54) is 0 Å². The van der Waals surface area contributed by atoms with E-state index in [1.807, 2.05) is 49.9 Å². The highest BCUT2D eigenvalue weighted by Crippen LogP contribution is 2.65. The third-order valence-corrected chi connectivity index (χ3v) is 10.4. The minimum absolute atomic E-state index is 0.0953. The molecule has 45 heavy (non-hydrogen) atoms. The molecule has 2 aromatic rings. The third-order valence-electron chi connectivity index (χ3n) is 10.1. The van der Waals surface area contributed by atoms with Crippen molar-refractivity contribution < 1.29 is 14.3 Å². The van der Waals surface area contributed by atoms with Crippen LogP contribution in [0, 0.1) is 34.5 Å². The summed E-state index contributed by atoms with van der Waals surface area (Å²) < 4.78 is 5.48. The molecule has 4 saturated carbocycles. The lowest BCUT2D eigenvalue weighted by Gasteiger charge is -2.40. The van der Waals surface area contributed by atoms with E-state index in [4.69, 9.17) is 16.3 Å². The molecule has 11 nitrogen and oxygen atoms in total. The Morgan fingerprint density at radius 2 is 1.78 bits per heavy atom. The molecule has 4 aliphatic carbocycles. The number of nitrogens with zero attached hydrogens (tertiary/aromatic N) is 5. The number of amides is 2. The van der Waals surface area contributed by atoms with Gasteiger partial charge in [0.25, 0.3) is 0 Å². The van der Waals surface area contributed by atoms with Crippen molar-refractivity contribution in [3.8, 4) is 6.07 Å². The Labute approximate surface area is 270 Å². The molecule has 2 heterocycles. The molecular formula is C33H43ClN8O3. The van der Waals surface area contributed by atoms with Gasteiger partial charge in [-0.15, -0.1) is 0 Å². The first-order valence-corrected chi connectivity index (χ1v) is 16.4. The first-order valence-electron chi connectivity index (χ1n) is 16.0. The Balaban J connectivity index is 0.994. The summed E-state index contributed by atoms with van der Waals surface area (Å²) in [4.78, 5) is 38.0. The fourth-order valence-corrected chi connectivity index (χ4v) is 8.25. The van der Waals surface area contributed by atoms with E-state index in [9.17, 15) is 14.9 Å². The second-order valence-corrected chi connectivity index (χ2v) is 14.5. The zero-order valence-corrected chi connectivity index (χ0v) is 27.1. The number of anilines is 2. The van der Waals surface area contributed by atoms with Gasteiger partial charge in [0.1, 0.15) is 23.1 Å². The lowest BCUT2D eigenvalue weighted by atomic mass is 9.72. The Kier molecular flexibility index (Phi) is 8.81. The molecule has 3 unspecified atom stereocenters. The van der Waals surface area contributed by atoms with Crippen LogP contribution in [0.5, 0.6) is 0 Å². The van der Waals surface area contributed by atoms with Crippen LogP contribution in [0.4, 0.5) is 16.6 Å². The van der Waals surface area contributed by atoms with Gasteiger partial charge in [0, 0.05) is 50.3 Å². The smallest absolute Gasteiger partial charge is 0.410 e. The van der Waals surface area contributed by atoms with Gasteiger partial charge in [0.05, 0.1) is 12.7 Å². The number of benzene rings is 1. The van der Waals surface area contributed by atoms with Gasteiger partial charge >= 0.3 is 6.09 Å². The van der Waals surface area contributed by atoms with Crippen LogP contribution in [0.15, 0.2) is 30.5 Å². The molecule has 240 valence electrons. The number of nitriles is 1. The summed E-state index contributed by atoms with van der Waals surface area (Å²) in [6.07, 6.45) is 5.78. The van der Waals surface area contributed by atoms with E-state index in [2.05, 4.69) is 32.0 Å². The zero-order chi connectivity index (χ0) is 31.8. The van der Waals surface area contributed by atoms with Crippen LogP contribution in [0.3, 0.4) is 0 Å². The number of hydrogen-bond donors (Lipinski definition) is 3. The Bertz CT molecular complexity index is 1450. The van der Waals surface area contributed by atoms with Crippen molar-refractivity contribution in [3.05, 3.63) is 46.6 Å². The third kappa shape index (κ3) is 6.82. The molecule has 1 saturated heterocycles. The number of halogens is 1. The Morgan fingerprint density at radius 1 is 1.09 bits per heavy atom. The van der Waals surface area contributed by atoms with Crippen molar-refractivity contribution in [2.45, 2.75) is 64.6 Å². The molecular weight excluding hydrogens is 592 g/mol. The maximum Gasteiger partial charge on any atom is 0.410 e. The molecule has 3 N–H and O–H groups in total. The molecule has 7 rings (SSSR count). The number of rotatable bonds is 9. The van der Waals surface area contributed by atoms with Crippen molar-refractivity contribution in [2.24, 2.45) is 23.2 Å². The summed E-state index contributed by atoms with van der Waals surface area (Å²) in [7, 11) is 0. The summed E-state index contributed by atoms with van der Waals surface area (Å²) in [5.74, 6) is 2.82. The second-order valence-electron chi connectivity index (χ2n) is 14.1. The van der Waals surface area contributed by atoms with Crippen molar-refractivity contribution in [3.63, 3.8) is 0 Å². The van der Waals surface area contributed by atoms with E-state index in [0.29, 0.717) is 85.4 Å². The number of ether oxygens (including phenoxy) is 1. The van der Waals surface area contributed by atoms with E-state index in [1.54, 1.807) is 11.1 Å². The van der Waals surface area contributed by atoms with Crippen LogP contribution in [-0.2, 0) is 16.1 Å². The first-order chi connectivity index (χ1) is 21.5. The fourth-order valence-electron chi connectivity index (χ4n) is 8.05. The quantitative estimate of drug-likeness (QED) is 0.364. The van der Waals surface area contributed by atoms with Crippen molar-refractivity contribution >= 4 is 35.4 Å². The van der Waals surface area contributed by atoms with Gasteiger partial charge in [-0.2, -0.15) is 10.2 Å². The van der Waals surface area contributed by atoms with Gasteiger partial charge in [0.2, 0.25) is 11.9 Å². The van der Waals surface area contributed by atoms with E-state index >= 15 is 0 Å². The van der Waals surface area contributed by atoms with Crippen molar-refractivity contribution in [1.82, 2.24) is 25.1 Å². The minimum atomic E-state index is -0.531. The average Bonchev–Trinajstić information content (AvgIpc) is 3.46. The van der Waals surface area contributed by atoms with Gasteiger partial charge < -0.3 is 30.5 Å². The predicted octanol–water partition coefficient (Wildman–Crippen LogP) is 4.50. The summed E-state index contributed by atoms with van der Waals surface area (Å²) in [5, 5.41) is 20.8. The average molecular weight is 635 g/mol. The van der Waals surface area contributed by atoms with Crippen LogP contribution in [0.1, 0.15) is 57.6 Å². The number of hydrogen-bond acceptors (Lipinski definition) is 9. The highest BCUT2D eigenvalue weighted by Gasteiger charge is 2.61. The first kappa shape index (κ1) is 31.4. The number of carbonyl (C=O) groups is 2. The van der Waals surface area contributed by atoms with Gasteiger partial charge in [0.15, 0.2) is 0 Å². The lowest BCUT2D eigenvalue weighted by Crippen LogP contribution is -2.55. The Hall–Kier alpha value is -3.62. The van der Waals surface area contributed by atoms with Gasteiger partial charge in [-0.05, 0) is 81.3 Å². The van der Waals surface area contributed by atoms with E-state index in [0.717, 1.165) is 37.8 Å². The normalized spacial score (nSPS) is 26.9. The van der Waals surface area contributed by atoms with Crippen LogP contribution < -0.4 is 16.0 Å². The van der Waals surface area contributed by atoms with Crippen molar-refractivity contribution in [1.29, 1.82) is 5.26 Å². The standard InChI is InChI=1S/C33H43ClN8O3/c1-32(2,3)45-31(44)42-10-8-41(9-11-42)27(43)19-36-28-22-12-25-13-23(28)15-33(25,14-22)20-39-29-24(16-35)18-38-30(40-29)37-17-21-6-4-5-7-26(21)34/h4-7,18,22-23,25,28,36H,8-15,17,19-20H2,1-3H3,(H2,37,38,39,40)/t22-,23+,25?,28?,33?. The number of piperazine rings is 1. The topological polar surface area (TPSA) is 136 Å². The predicted molar refractivity (Wildman–Crippen MR) is 172 cm³/mol. The maximum atomic E-state index is 13.1. The summed E-state index contributed by atoms with van der Waals surface area (Å²) in [5.41, 5.74) is 1.03. The molecule has 5 fully saturated rings. The van der Waals surface area contributed by atoms with Gasteiger partial charge in [-0.3, -0.25) is 4.79 Å². The number of nitrogens with one attached hydrogen (secondary N) is 3. The summed E-state index contributed by atoms with van der Waals surface area (Å²) in [6, 6.07) is 10.2. The molecule has 4 bridgehead atoms. The molecule has 2 amide bonds. The molecule has 5 aliphatic rings. The lowest BCUT2D eigenvalue weighted by molar-refractivity contribution is -0.132. The minimum Gasteiger partial charge on any atom is -0.444 e. The number of aromatic nitrogens is 2. The molecule has 1 aromatic carbocycles. The Morgan fingerprint density at radius 3 is 2.44 bits per heavy atom. The van der Waals surface area contributed by atoms with Crippen molar-refractivity contribution in [2.75, 3.05) is 49.9 Å². The SMILES string of the molecule is CC(C)(C)OC(=O)N1CCN(C(=O)CNC2[C@@H]3CC4C[C@H]2CC4(CNc2nc(NCc4ccccc4Cl)ncc2C#N)C3)CC1. The highest BCUT2D eigenvalue weighted by molar-refractivity contribution is 6.31. The van der Waals surface area contributed by atoms with Crippen LogP contribution >= 0.6 is 11.6 Å². The van der Waals surface area contributed by atoms with Gasteiger partial charge in [-0.1, -0.05) is 29.8 Å². The van der Waals surface area contributed by atoms with Crippen LogP contribution in [0.2, 0.25) is 5.02 Å². The largest absolute Gasteiger partial charge is 0.444 e. The maximum absolute atomic E-state index is 13.1. The molecule has 12 heteroatoms. The summed E-state index contributed by atoms with van der Waals surface area (Å²) >= 11 is 6.29. The molecule has 1 aliphatic heterocycles. The molecule has 0 spiro atoms. The fraction of sp³-hybridized carbons (Fsp3) is 0.606. The van der Waals surface area contributed by atoms with Crippen LogP contribution in [0.25, 0.3) is 0 Å². The second kappa shape index (κ2) is 12.6. The molecule has 1 aromatic heterocycles. The summed E-state index contributed by atoms with van der Waals surface area (Å²) in [6.45, 7) is 9.20. The van der Waals surface area contributed by atoms with Gasteiger partial charge in [-0.25, -0.2) is 9.78 Å². The molecule has 5 atom stereocenters. The van der Waals surface area contributed by atoms with E-state index < -0.39 is 5.60 Å². The monoisotopic (exact) mass is 634 g/mol. The highest BCUT2D eigenvalue weighted by atomic mass is 35.5. The number of carbonyl (C=O) groups excluding carboxylic acids is 2. The van der Waals surface area contributed by atoms with E-state index in [-0.39, 0.29) is 17.4 Å². The van der Waals surface area contributed by atoms with Crippen LogP contribution in [-0.4, -0.2) is 82.7 Å².